The maximum Gasteiger partial charge on any atom is 0.237 e. The Bertz CT molecular complexity index is 293. The average Bonchev–Trinajstić information content (AvgIpc) is 2.47. The highest BCUT2D eigenvalue weighted by atomic mass is 16.2. The predicted molar refractivity (Wildman–Crippen MR) is 46.5 cm³/mol. The lowest BCUT2D eigenvalue weighted by Crippen LogP contribution is -2.38. The van der Waals surface area contributed by atoms with Crippen molar-refractivity contribution in [2.75, 3.05) is 0 Å². The summed E-state index contributed by atoms with van der Waals surface area (Å²) in [6, 6.07) is -0.497. The minimum atomic E-state index is -0.497. The number of nitrogens with two attached hydrogens (primary N) is 1. The SMILES string of the molecule is C[C@H](N)C(=O)NCc1ncn(C)n1. The van der Waals surface area contributed by atoms with Crippen molar-refractivity contribution < 1.29 is 4.79 Å². The van der Waals surface area contributed by atoms with Crippen molar-refractivity contribution >= 4 is 5.91 Å². The van der Waals surface area contributed by atoms with E-state index in [1.807, 2.05) is 0 Å². The number of rotatable bonds is 3. The Morgan fingerprint density at radius 3 is 3.00 bits per heavy atom. The van der Waals surface area contributed by atoms with Gasteiger partial charge in [0, 0.05) is 7.05 Å². The molecule has 1 heterocycles. The Labute approximate surface area is 76.1 Å². The highest BCUT2D eigenvalue weighted by Gasteiger charge is 2.07. The Balaban J connectivity index is 2.39. The van der Waals surface area contributed by atoms with Crippen molar-refractivity contribution in [1.82, 2.24) is 20.1 Å². The number of hydrogen-bond donors (Lipinski definition) is 2. The first-order valence-electron chi connectivity index (χ1n) is 3.97. The second-order valence-corrected chi connectivity index (χ2v) is 2.84. The van der Waals surface area contributed by atoms with E-state index in [9.17, 15) is 4.79 Å². The maximum atomic E-state index is 11.0. The van der Waals surface area contributed by atoms with Crippen LogP contribution in [0.5, 0.6) is 0 Å². The summed E-state index contributed by atoms with van der Waals surface area (Å²) in [6.45, 7) is 1.95. The molecule has 0 spiro atoms. The van der Waals surface area contributed by atoms with Crippen LogP contribution in [0.1, 0.15) is 12.7 Å². The molecule has 0 unspecified atom stereocenters. The molecule has 6 heteroatoms. The zero-order valence-corrected chi connectivity index (χ0v) is 7.69. The van der Waals surface area contributed by atoms with Crippen molar-refractivity contribution in [3.8, 4) is 0 Å². The van der Waals surface area contributed by atoms with Gasteiger partial charge in [0.15, 0.2) is 5.82 Å². The molecular formula is C7H13N5O. The van der Waals surface area contributed by atoms with E-state index in [0.29, 0.717) is 12.4 Å². The van der Waals surface area contributed by atoms with Crippen LogP contribution in [0.4, 0.5) is 0 Å². The van der Waals surface area contributed by atoms with Crippen LogP contribution in [0.25, 0.3) is 0 Å². The number of aryl methyl sites for hydroxylation is 1. The molecule has 0 saturated heterocycles. The van der Waals surface area contributed by atoms with Crippen molar-refractivity contribution in [3.05, 3.63) is 12.2 Å². The fourth-order valence-electron chi connectivity index (χ4n) is 0.792. The smallest absolute Gasteiger partial charge is 0.237 e. The molecule has 0 fully saturated rings. The van der Waals surface area contributed by atoms with Gasteiger partial charge in [-0.25, -0.2) is 4.98 Å². The van der Waals surface area contributed by atoms with Crippen LogP contribution in [0, 0.1) is 0 Å². The molecule has 1 amide bonds. The first-order chi connectivity index (χ1) is 6.09. The molecule has 13 heavy (non-hydrogen) atoms. The van der Waals surface area contributed by atoms with Gasteiger partial charge >= 0.3 is 0 Å². The largest absolute Gasteiger partial charge is 0.347 e. The first kappa shape index (κ1) is 9.66. The van der Waals surface area contributed by atoms with Gasteiger partial charge in [-0.1, -0.05) is 0 Å². The summed E-state index contributed by atoms with van der Waals surface area (Å²) in [4.78, 5) is 15.0. The quantitative estimate of drug-likeness (QED) is 0.615. The van der Waals surface area contributed by atoms with E-state index in [1.165, 1.54) is 0 Å². The van der Waals surface area contributed by atoms with Gasteiger partial charge < -0.3 is 11.1 Å². The molecule has 1 aromatic heterocycles. The number of hydrogen-bond acceptors (Lipinski definition) is 4. The van der Waals surface area contributed by atoms with Crippen molar-refractivity contribution in [2.24, 2.45) is 12.8 Å². The van der Waals surface area contributed by atoms with Crippen molar-refractivity contribution in [3.63, 3.8) is 0 Å². The lowest BCUT2D eigenvalue weighted by atomic mass is 10.3. The maximum absolute atomic E-state index is 11.0. The summed E-state index contributed by atoms with van der Waals surface area (Å²) >= 11 is 0. The predicted octanol–water partition coefficient (Wildman–Crippen LogP) is -1.22. The number of nitrogens with one attached hydrogen (secondary N) is 1. The summed E-state index contributed by atoms with van der Waals surface area (Å²) in [5.74, 6) is 0.379. The van der Waals surface area contributed by atoms with Crippen LogP contribution in [0.15, 0.2) is 6.33 Å². The zero-order valence-electron chi connectivity index (χ0n) is 7.69. The topological polar surface area (TPSA) is 85.8 Å². The second kappa shape index (κ2) is 3.99. The molecule has 3 N–H and O–H groups in total. The Kier molecular flexibility index (Phi) is 2.97. The molecule has 0 aliphatic heterocycles. The minimum absolute atomic E-state index is 0.201. The normalized spacial score (nSPS) is 12.5. The van der Waals surface area contributed by atoms with Crippen molar-refractivity contribution in [1.29, 1.82) is 0 Å². The standard InChI is InChI=1S/C7H13N5O/c1-5(8)7(13)9-3-6-10-4-12(2)11-6/h4-5H,3,8H2,1-2H3,(H,9,13)/t5-/m0/s1. The summed E-state index contributed by atoms with van der Waals surface area (Å²) in [5, 5.41) is 6.60. The van der Waals surface area contributed by atoms with E-state index in [2.05, 4.69) is 15.4 Å². The van der Waals surface area contributed by atoms with Crippen LogP contribution >= 0.6 is 0 Å². The Morgan fingerprint density at radius 1 is 1.85 bits per heavy atom. The molecule has 0 aromatic carbocycles. The summed E-state index contributed by atoms with van der Waals surface area (Å²) in [6.07, 6.45) is 1.58. The van der Waals surface area contributed by atoms with Gasteiger partial charge in [-0.2, -0.15) is 5.10 Å². The Morgan fingerprint density at radius 2 is 2.54 bits per heavy atom. The number of carbonyl (C=O) groups excluding carboxylic acids is 1. The van der Waals surface area contributed by atoms with Crippen LogP contribution in [0.2, 0.25) is 0 Å². The molecule has 1 atom stereocenters. The van der Waals surface area contributed by atoms with Crippen LogP contribution in [-0.4, -0.2) is 26.7 Å². The van der Waals surface area contributed by atoms with Crippen LogP contribution in [-0.2, 0) is 18.4 Å². The third-order valence-corrected chi connectivity index (χ3v) is 1.48. The summed E-state index contributed by atoms with van der Waals surface area (Å²) in [5.41, 5.74) is 5.35. The Hall–Kier alpha value is -1.43. The molecule has 72 valence electrons. The second-order valence-electron chi connectivity index (χ2n) is 2.84. The number of nitrogens with zero attached hydrogens (tertiary/aromatic N) is 3. The number of carbonyl (C=O) groups is 1. The van der Waals surface area contributed by atoms with Gasteiger partial charge in [0.05, 0.1) is 12.6 Å². The zero-order chi connectivity index (χ0) is 9.84. The van der Waals surface area contributed by atoms with Gasteiger partial charge in [0.1, 0.15) is 6.33 Å². The van der Waals surface area contributed by atoms with E-state index < -0.39 is 6.04 Å². The van der Waals surface area contributed by atoms with Crippen LogP contribution < -0.4 is 11.1 Å². The van der Waals surface area contributed by atoms with E-state index in [0.717, 1.165) is 0 Å². The molecule has 0 aliphatic rings. The van der Waals surface area contributed by atoms with E-state index >= 15 is 0 Å². The van der Waals surface area contributed by atoms with Gasteiger partial charge in [0.25, 0.3) is 0 Å². The summed E-state index contributed by atoms with van der Waals surface area (Å²) in [7, 11) is 1.77. The fraction of sp³-hybridized carbons (Fsp3) is 0.571. The fourth-order valence-corrected chi connectivity index (χ4v) is 0.792. The van der Waals surface area contributed by atoms with Crippen LogP contribution in [0.3, 0.4) is 0 Å². The molecule has 6 nitrogen and oxygen atoms in total. The molecular weight excluding hydrogens is 170 g/mol. The van der Waals surface area contributed by atoms with Crippen molar-refractivity contribution in [2.45, 2.75) is 19.5 Å². The number of amides is 1. The number of aromatic nitrogens is 3. The monoisotopic (exact) mass is 183 g/mol. The third-order valence-electron chi connectivity index (χ3n) is 1.48. The lowest BCUT2D eigenvalue weighted by Gasteiger charge is -2.04. The molecule has 0 aliphatic carbocycles. The van der Waals surface area contributed by atoms with E-state index in [1.54, 1.807) is 25.0 Å². The van der Waals surface area contributed by atoms with Gasteiger partial charge in [0.2, 0.25) is 5.91 Å². The average molecular weight is 183 g/mol. The minimum Gasteiger partial charge on any atom is -0.347 e. The third kappa shape index (κ3) is 2.83. The van der Waals surface area contributed by atoms with E-state index in [4.69, 9.17) is 5.73 Å². The van der Waals surface area contributed by atoms with Gasteiger partial charge in [-0.05, 0) is 6.92 Å². The summed E-state index contributed by atoms with van der Waals surface area (Å²) < 4.78 is 1.58. The molecule has 0 saturated carbocycles. The van der Waals surface area contributed by atoms with Gasteiger partial charge in [-0.15, -0.1) is 0 Å². The van der Waals surface area contributed by atoms with E-state index in [-0.39, 0.29) is 5.91 Å². The highest BCUT2D eigenvalue weighted by Crippen LogP contribution is 1.87. The molecule has 0 radical (unpaired) electrons. The van der Waals surface area contributed by atoms with Gasteiger partial charge in [-0.3, -0.25) is 9.48 Å². The molecule has 1 aromatic rings. The lowest BCUT2D eigenvalue weighted by molar-refractivity contribution is -0.122. The molecule has 0 bridgehead atoms. The highest BCUT2D eigenvalue weighted by molar-refractivity contribution is 5.80. The first-order valence-corrected chi connectivity index (χ1v) is 3.97. The molecule has 1 rings (SSSR count).